The maximum atomic E-state index is 5.54. The van der Waals surface area contributed by atoms with E-state index in [2.05, 4.69) is 44.3 Å². The number of hydrogen-bond donors (Lipinski definition) is 1. The molecule has 2 atom stereocenters. The van der Waals surface area contributed by atoms with Crippen molar-refractivity contribution in [2.75, 3.05) is 11.9 Å². The van der Waals surface area contributed by atoms with E-state index in [0.717, 1.165) is 13.0 Å². The zero-order chi connectivity index (χ0) is 10.8. The minimum Gasteiger partial charge on any atom is -0.380 e. The summed E-state index contributed by atoms with van der Waals surface area (Å²) >= 11 is 0. The van der Waals surface area contributed by atoms with E-state index >= 15 is 0 Å². The van der Waals surface area contributed by atoms with Gasteiger partial charge in [-0.2, -0.15) is 0 Å². The summed E-state index contributed by atoms with van der Waals surface area (Å²) in [4.78, 5) is 0. The van der Waals surface area contributed by atoms with E-state index in [1.54, 1.807) is 0 Å². The van der Waals surface area contributed by atoms with Crippen LogP contribution in [0.1, 0.15) is 24.5 Å². The van der Waals surface area contributed by atoms with Crippen molar-refractivity contribution in [2.45, 2.75) is 39.3 Å². The monoisotopic (exact) mass is 205 g/mol. The summed E-state index contributed by atoms with van der Waals surface area (Å²) < 4.78 is 5.54. The quantitative estimate of drug-likeness (QED) is 0.801. The molecule has 1 N–H and O–H groups in total. The van der Waals surface area contributed by atoms with Gasteiger partial charge in [0.05, 0.1) is 12.1 Å². The molecule has 2 rings (SSSR count). The summed E-state index contributed by atoms with van der Waals surface area (Å²) in [5.74, 6) is 0. The highest BCUT2D eigenvalue weighted by Gasteiger charge is 2.23. The summed E-state index contributed by atoms with van der Waals surface area (Å²) in [6, 6.07) is 7.04. The Hall–Kier alpha value is -1.02. The Balaban J connectivity index is 2.10. The second-order valence-electron chi connectivity index (χ2n) is 4.49. The molecular weight excluding hydrogens is 186 g/mol. The van der Waals surface area contributed by atoms with Crippen molar-refractivity contribution in [2.24, 2.45) is 0 Å². The molecule has 1 aromatic rings. The van der Waals surface area contributed by atoms with E-state index in [4.69, 9.17) is 4.74 Å². The summed E-state index contributed by atoms with van der Waals surface area (Å²) in [5, 5.41) is 3.55. The lowest BCUT2D eigenvalue weighted by atomic mass is 10.1. The fourth-order valence-corrected chi connectivity index (χ4v) is 2.19. The highest BCUT2D eigenvalue weighted by molar-refractivity contribution is 5.49. The van der Waals surface area contributed by atoms with Crippen molar-refractivity contribution in [3.8, 4) is 0 Å². The Bertz CT molecular complexity index is 328. The number of anilines is 1. The van der Waals surface area contributed by atoms with Crippen LogP contribution in [0.4, 0.5) is 5.69 Å². The second kappa shape index (κ2) is 4.23. The molecule has 0 aliphatic carbocycles. The van der Waals surface area contributed by atoms with Gasteiger partial charge >= 0.3 is 0 Å². The lowest BCUT2D eigenvalue weighted by Crippen LogP contribution is -2.26. The average Bonchev–Trinajstić information content (AvgIpc) is 2.50. The molecule has 0 aromatic heterocycles. The molecule has 2 heteroatoms. The van der Waals surface area contributed by atoms with Crippen LogP contribution in [0, 0.1) is 13.8 Å². The molecule has 0 bridgehead atoms. The first-order chi connectivity index (χ1) is 7.15. The minimum atomic E-state index is 0.325. The van der Waals surface area contributed by atoms with Crippen LogP contribution in [-0.2, 0) is 4.74 Å². The van der Waals surface area contributed by atoms with Gasteiger partial charge in [0.1, 0.15) is 0 Å². The third-order valence-electron chi connectivity index (χ3n) is 2.95. The van der Waals surface area contributed by atoms with E-state index < -0.39 is 0 Å². The van der Waals surface area contributed by atoms with E-state index in [1.807, 2.05) is 0 Å². The molecule has 1 saturated heterocycles. The Kier molecular flexibility index (Phi) is 2.96. The van der Waals surface area contributed by atoms with Crippen LogP contribution in [-0.4, -0.2) is 18.8 Å². The van der Waals surface area contributed by atoms with Crippen LogP contribution >= 0.6 is 0 Å². The topological polar surface area (TPSA) is 21.3 Å². The molecule has 1 aliphatic heterocycles. The van der Waals surface area contributed by atoms with Gasteiger partial charge in [-0.15, -0.1) is 0 Å². The van der Waals surface area contributed by atoms with E-state index in [-0.39, 0.29) is 0 Å². The number of ether oxygens (including phenoxy) is 1. The van der Waals surface area contributed by atoms with Crippen LogP contribution in [0.15, 0.2) is 18.2 Å². The van der Waals surface area contributed by atoms with E-state index in [1.165, 1.54) is 16.8 Å². The van der Waals surface area contributed by atoms with Crippen LogP contribution < -0.4 is 5.32 Å². The number of rotatable bonds is 2. The maximum absolute atomic E-state index is 5.54. The van der Waals surface area contributed by atoms with Crippen LogP contribution in [0.5, 0.6) is 0 Å². The number of hydrogen-bond acceptors (Lipinski definition) is 2. The van der Waals surface area contributed by atoms with Crippen LogP contribution in [0.25, 0.3) is 0 Å². The predicted molar refractivity (Wildman–Crippen MR) is 63.4 cm³/mol. The summed E-state index contributed by atoms with van der Waals surface area (Å²) in [6.07, 6.45) is 1.43. The summed E-state index contributed by atoms with van der Waals surface area (Å²) in [5.41, 5.74) is 3.84. The number of aryl methyl sites for hydroxylation is 2. The first-order valence-electron chi connectivity index (χ1n) is 5.61. The number of nitrogens with one attached hydrogen (secondary N) is 1. The highest BCUT2D eigenvalue weighted by Crippen LogP contribution is 2.20. The standard InChI is InChI=1S/C13H19NO/c1-9-6-10(2)8-12(7-9)14-13-4-5-15-11(13)3/h6-8,11,13-14H,4-5H2,1-3H3/t11-,13+/m0/s1. The lowest BCUT2D eigenvalue weighted by Gasteiger charge is -2.18. The van der Waals surface area contributed by atoms with E-state index in [0.29, 0.717) is 12.1 Å². The molecule has 0 radical (unpaired) electrons. The first kappa shape index (κ1) is 10.5. The number of benzene rings is 1. The predicted octanol–water partition coefficient (Wildman–Crippen LogP) is 2.89. The van der Waals surface area contributed by atoms with Crippen molar-refractivity contribution in [3.63, 3.8) is 0 Å². The van der Waals surface area contributed by atoms with E-state index in [9.17, 15) is 0 Å². The largest absolute Gasteiger partial charge is 0.380 e. The third-order valence-corrected chi connectivity index (χ3v) is 2.95. The Morgan fingerprint density at radius 2 is 1.87 bits per heavy atom. The molecule has 15 heavy (non-hydrogen) atoms. The van der Waals surface area contributed by atoms with Gasteiger partial charge in [-0.05, 0) is 50.5 Å². The minimum absolute atomic E-state index is 0.325. The molecule has 1 heterocycles. The van der Waals surface area contributed by atoms with Gasteiger partial charge in [0.2, 0.25) is 0 Å². The average molecular weight is 205 g/mol. The van der Waals surface area contributed by atoms with Crippen molar-refractivity contribution in [1.29, 1.82) is 0 Å². The highest BCUT2D eigenvalue weighted by atomic mass is 16.5. The van der Waals surface area contributed by atoms with Crippen LogP contribution in [0.2, 0.25) is 0 Å². The molecule has 0 amide bonds. The first-order valence-corrected chi connectivity index (χ1v) is 5.61. The molecule has 1 aliphatic rings. The smallest absolute Gasteiger partial charge is 0.0748 e. The van der Waals surface area contributed by atoms with Gasteiger partial charge in [-0.25, -0.2) is 0 Å². The zero-order valence-corrected chi connectivity index (χ0v) is 9.71. The molecule has 1 aromatic carbocycles. The Morgan fingerprint density at radius 1 is 1.20 bits per heavy atom. The third kappa shape index (κ3) is 2.51. The Labute approximate surface area is 91.6 Å². The van der Waals surface area contributed by atoms with Gasteiger partial charge in [-0.3, -0.25) is 0 Å². The van der Waals surface area contributed by atoms with Gasteiger partial charge < -0.3 is 10.1 Å². The molecule has 0 unspecified atom stereocenters. The van der Waals surface area contributed by atoms with Gasteiger partial charge in [0, 0.05) is 12.3 Å². The molecule has 82 valence electrons. The zero-order valence-electron chi connectivity index (χ0n) is 9.71. The second-order valence-corrected chi connectivity index (χ2v) is 4.49. The molecule has 0 spiro atoms. The molecule has 0 saturated carbocycles. The molecule has 2 nitrogen and oxygen atoms in total. The van der Waals surface area contributed by atoms with Crippen molar-refractivity contribution in [1.82, 2.24) is 0 Å². The van der Waals surface area contributed by atoms with Crippen molar-refractivity contribution >= 4 is 5.69 Å². The fraction of sp³-hybridized carbons (Fsp3) is 0.538. The SMILES string of the molecule is Cc1cc(C)cc(N[C@@H]2CCO[C@H]2C)c1. The fourth-order valence-electron chi connectivity index (χ4n) is 2.19. The van der Waals surface area contributed by atoms with Gasteiger partial charge in [-0.1, -0.05) is 6.07 Å². The maximum Gasteiger partial charge on any atom is 0.0748 e. The van der Waals surface area contributed by atoms with Gasteiger partial charge in [0.25, 0.3) is 0 Å². The van der Waals surface area contributed by atoms with Crippen molar-refractivity contribution < 1.29 is 4.74 Å². The van der Waals surface area contributed by atoms with Gasteiger partial charge in [0.15, 0.2) is 0 Å². The summed E-state index contributed by atoms with van der Waals surface area (Å²) in [7, 11) is 0. The molecular formula is C13H19NO. The normalized spacial score (nSPS) is 25.5. The van der Waals surface area contributed by atoms with Crippen LogP contribution in [0.3, 0.4) is 0 Å². The lowest BCUT2D eigenvalue weighted by molar-refractivity contribution is 0.121. The Morgan fingerprint density at radius 3 is 2.40 bits per heavy atom. The molecule has 1 fully saturated rings. The van der Waals surface area contributed by atoms with Crippen molar-refractivity contribution in [3.05, 3.63) is 29.3 Å². The summed E-state index contributed by atoms with van der Waals surface area (Å²) in [6.45, 7) is 7.27.